The van der Waals surface area contributed by atoms with E-state index in [1.807, 2.05) is 11.0 Å². The van der Waals surface area contributed by atoms with Crippen molar-refractivity contribution in [3.63, 3.8) is 0 Å². The van der Waals surface area contributed by atoms with Crippen LogP contribution in [0.25, 0.3) is 0 Å². The second-order valence-electron chi connectivity index (χ2n) is 7.09. The van der Waals surface area contributed by atoms with Gasteiger partial charge in [-0.15, -0.1) is 0 Å². The number of hydrogen-bond donors (Lipinski definition) is 2. The van der Waals surface area contributed by atoms with E-state index in [0.29, 0.717) is 0 Å². The van der Waals surface area contributed by atoms with E-state index in [1.165, 1.54) is 57.4 Å². The fourth-order valence-corrected chi connectivity index (χ4v) is 4.34. The summed E-state index contributed by atoms with van der Waals surface area (Å²) < 4.78 is 16.4. The second-order valence-corrected chi connectivity index (χ2v) is 7.09. The molecule has 0 unspecified atom stereocenters. The molecule has 0 spiro atoms. The third-order valence-corrected chi connectivity index (χ3v) is 5.76. The third-order valence-electron chi connectivity index (χ3n) is 5.76. The van der Waals surface area contributed by atoms with E-state index in [0.717, 1.165) is 29.8 Å². The van der Waals surface area contributed by atoms with Crippen LogP contribution in [0.3, 0.4) is 0 Å². The van der Waals surface area contributed by atoms with Gasteiger partial charge in [-0.2, -0.15) is 0 Å². The zero-order valence-corrected chi connectivity index (χ0v) is 15.3. The predicted octanol–water partition coefficient (Wildman–Crippen LogP) is -0.0616. The van der Waals surface area contributed by atoms with Crippen molar-refractivity contribution >= 4 is 0 Å². The van der Waals surface area contributed by atoms with Gasteiger partial charge in [-0.25, -0.2) is 0 Å². The van der Waals surface area contributed by atoms with Gasteiger partial charge in [0, 0.05) is 6.07 Å². The zero-order valence-electron chi connectivity index (χ0n) is 15.3. The molecule has 0 atom stereocenters. The molecule has 1 aromatic carbocycles. The van der Waals surface area contributed by atoms with Gasteiger partial charge >= 0.3 is 0 Å². The number of nitrogens with one attached hydrogen (secondary N) is 2. The molecule has 0 bridgehead atoms. The van der Waals surface area contributed by atoms with Crippen molar-refractivity contribution in [2.24, 2.45) is 0 Å². The van der Waals surface area contributed by atoms with Crippen LogP contribution in [-0.4, -0.2) is 53.6 Å². The Morgan fingerprint density at radius 3 is 2.00 bits per heavy atom. The monoisotopic (exact) mass is 336 g/mol. The van der Waals surface area contributed by atoms with Crippen LogP contribution >= 0.6 is 0 Å². The Morgan fingerprint density at radius 1 is 0.833 bits per heavy atom. The molecule has 2 aliphatic rings. The van der Waals surface area contributed by atoms with Gasteiger partial charge in [0.25, 0.3) is 0 Å². The SMILES string of the molecule is COc1cc(OC)c(OC)cc1C[NH+]1CC[NH+](C2CCCC2)CC1. The lowest BCUT2D eigenvalue weighted by atomic mass is 10.1. The van der Waals surface area contributed by atoms with Crippen LogP contribution in [0.15, 0.2) is 12.1 Å². The van der Waals surface area contributed by atoms with Crippen molar-refractivity contribution in [1.29, 1.82) is 0 Å². The molecule has 5 heteroatoms. The molecule has 2 fully saturated rings. The van der Waals surface area contributed by atoms with Crippen molar-refractivity contribution in [2.75, 3.05) is 47.5 Å². The first kappa shape index (κ1) is 17.4. The minimum absolute atomic E-state index is 0.726. The molecule has 24 heavy (non-hydrogen) atoms. The van der Waals surface area contributed by atoms with E-state index in [9.17, 15) is 0 Å². The first-order valence-corrected chi connectivity index (χ1v) is 9.22. The number of ether oxygens (including phenoxy) is 3. The standard InChI is InChI=1S/C19H30N2O3/c1-22-17-13-19(24-3)18(23-2)12-15(17)14-20-8-10-21(11-9-20)16-6-4-5-7-16/h12-13,16H,4-11,14H2,1-3H3/p+2. The number of methoxy groups -OCH3 is 3. The van der Waals surface area contributed by atoms with Gasteiger partial charge < -0.3 is 24.0 Å². The molecule has 5 nitrogen and oxygen atoms in total. The molecule has 3 rings (SSSR count). The molecule has 1 saturated carbocycles. The average Bonchev–Trinajstić information content (AvgIpc) is 3.16. The lowest BCUT2D eigenvalue weighted by molar-refractivity contribution is -1.03. The van der Waals surface area contributed by atoms with Crippen LogP contribution in [-0.2, 0) is 6.54 Å². The number of quaternary nitrogens is 2. The van der Waals surface area contributed by atoms with Gasteiger partial charge in [-0.05, 0) is 31.7 Å². The summed E-state index contributed by atoms with van der Waals surface area (Å²) in [6.45, 7) is 6.07. The largest absolute Gasteiger partial charge is 0.496 e. The van der Waals surface area contributed by atoms with Crippen molar-refractivity contribution in [2.45, 2.75) is 38.3 Å². The summed E-state index contributed by atoms with van der Waals surface area (Å²) in [5.74, 6) is 2.40. The van der Waals surface area contributed by atoms with Crippen LogP contribution in [0, 0.1) is 0 Å². The molecular formula is C19H32N2O3+2. The van der Waals surface area contributed by atoms with Gasteiger partial charge in [0.05, 0.1) is 32.9 Å². The maximum absolute atomic E-state index is 5.58. The highest BCUT2D eigenvalue weighted by Gasteiger charge is 2.31. The smallest absolute Gasteiger partial charge is 0.164 e. The minimum atomic E-state index is 0.726. The molecule has 1 aromatic rings. The van der Waals surface area contributed by atoms with Crippen LogP contribution in [0.2, 0.25) is 0 Å². The quantitative estimate of drug-likeness (QED) is 0.764. The average molecular weight is 336 g/mol. The highest BCUT2D eigenvalue weighted by molar-refractivity contribution is 5.50. The molecule has 1 heterocycles. The van der Waals surface area contributed by atoms with Gasteiger partial charge in [0.2, 0.25) is 0 Å². The Morgan fingerprint density at radius 2 is 1.42 bits per heavy atom. The predicted molar refractivity (Wildman–Crippen MR) is 93.5 cm³/mol. The molecular weight excluding hydrogens is 304 g/mol. The van der Waals surface area contributed by atoms with Crippen LogP contribution < -0.4 is 24.0 Å². The van der Waals surface area contributed by atoms with E-state index < -0.39 is 0 Å². The Bertz CT molecular complexity index is 536. The maximum atomic E-state index is 5.58. The fourth-order valence-electron chi connectivity index (χ4n) is 4.34. The molecule has 0 aromatic heterocycles. The van der Waals surface area contributed by atoms with Crippen molar-refractivity contribution in [3.05, 3.63) is 17.7 Å². The van der Waals surface area contributed by atoms with Crippen LogP contribution in [0.1, 0.15) is 31.2 Å². The summed E-state index contributed by atoms with van der Waals surface area (Å²) in [7, 11) is 5.07. The van der Waals surface area contributed by atoms with E-state index in [1.54, 1.807) is 26.2 Å². The molecule has 1 aliphatic heterocycles. The number of benzene rings is 1. The molecule has 0 amide bonds. The molecule has 2 N–H and O–H groups in total. The first-order chi connectivity index (χ1) is 11.7. The highest BCUT2D eigenvalue weighted by atomic mass is 16.5. The Labute approximate surface area is 145 Å². The normalized spacial score (nSPS) is 24.8. The molecule has 1 saturated heterocycles. The first-order valence-electron chi connectivity index (χ1n) is 9.22. The van der Waals surface area contributed by atoms with Crippen LogP contribution in [0.5, 0.6) is 17.2 Å². The highest BCUT2D eigenvalue weighted by Crippen LogP contribution is 2.34. The Kier molecular flexibility index (Phi) is 5.85. The summed E-state index contributed by atoms with van der Waals surface area (Å²) in [4.78, 5) is 3.48. The summed E-state index contributed by atoms with van der Waals surface area (Å²) in [5.41, 5.74) is 1.20. The molecule has 1 aliphatic carbocycles. The number of piperazine rings is 1. The topological polar surface area (TPSA) is 36.6 Å². The van der Waals surface area contributed by atoms with E-state index >= 15 is 0 Å². The molecule has 0 radical (unpaired) electrons. The summed E-state index contributed by atoms with van der Waals surface area (Å²) >= 11 is 0. The Balaban J connectivity index is 1.63. The number of hydrogen-bond acceptors (Lipinski definition) is 3. The van der Waals surface area contributed by atoms with E-state index in [4.69, 9.17) is 14.2 Å². The molecule has 134 valence electrons. The van der Waals surface area contributed by atoms with E-state index in [2.05, 4.69) is 6.07 Å². The number of rotatable bonds is 6. The second kappa shape index (κ2) is 8.08. The van der Waals surface area contributed by atoms with Gasteiger partial charge in [0.15, 0.2) is 11.5 Å². The summed E-state index contributed by atoms with van der Waals surface area (Å²) in [5, 5.41) is 0. The minimum Gasteiger partial charge on any atom is -0.496 e. The fraction of sp³-hybridized carbons (Fsp3) is 0.684. The zero-order chi connectivity index (χ0) is 16.9. The van der Waals surface area contributed by atoms with Crippen molar-refractivity contribution < 1.29 is 24.0 Å². The third kappa shape index (κ3) is 3.78. The summed E-state index contributed by atoms with van der Waals surface area (Å²) in [6, 6.07) is 4.94. The lowest BCUT2D eigenvalue weighted by Gasteiger charge is -2.33. The van der Waals surface area contributed by atoms with Gasteiger partial charge in [-0.1, -0.05) is 0 Å². The van der Waals surface area contributed by atoms with Crippen molar-refractivity contribution in [1.82, 2.24) is 0 Å². The van der Waals surface area contributed by atoms with E-state index in [-0.39, 0.29) is 0 Å². The van der Waals surface area contributed by atoms with Crippen LogP contribution in [0.4, 0.5) is 0 Å². The van der Waals surface area contributed by atoms with Crippen molar-refractivity contribution in [3.8, 4) is 17.2 Å². The van der Waals surface area contributed by atoms with Gasteiger partial charge in [0.1, 0.15) is 38.5 Å². The summed E-state index contributed by atoms with van der Waals surface area (Å²) in [6.07, 6.45) is 5.75. The Hall–Kier alpha value is -1.46. The maximum Gasteiger partial charge on any atom is 0.164 e. The van der Waals surface area contributed by atoms with Gasteiger partial charge in [-0.3, -0.25) is 0 Å². The lowest BCUT2D eigenvalue weighted by Crippen LogP contribution is -3.29.